The van der Waals surface area contributed by atoms with Gasteiger partial charge in [0.15, 0.2) is 0 Å². The van der Waals surface area contributed by atoms with Crippen molar-refractivity contribution in [3.8, 4) is 0 Å². The lowest BCUT2D eigenvalue weighted by Crippen LogP contribution is -2.16. The van der Waals surface area contributed by atoms with Crippen LogP contribution in [0.3, 0.4) is 0 Å². The monoisotopic (exact) mass is 689 g/mol. The Bertz CT molecular complexity index is 742. The van der Waals surface area contributed by atoms with Gasteiger partial charge in [-0.1, -0.05) is 205 Å². The first kappa shape index (κ1) is 47.4. The summed E-state index contributed by atoms with van der Waals surface area (Å²) >= 11 is 0. The molecule has 0 amide bonds. The van der Waals surface area contributed by atoms with Gasteiger partial charge >= 0.3 is 11.9 Å². The van der Waals surface area contributed by atoms with Crippen LogP contribution >= 0.6 is 0 Å². The molecule has 0 aromatic rings. The molecule has 0 aromatic heterocycles. The standard InChI is InChI=1S/C45H84O4/c1-3-5-7-9-11-13-14-15-16-17-18-19-20-21-22-23-24-25-26-28-30-32-38-42-45(48)49-43(40-36-33-34-37-41-44(46)47)39-35-31-29-27-12-10-8-6-4-2/h27,29,35,39,43H,3-26,28,30-34,36-38,40-42H2,1-2H3,(H,46,47)/b29-27-,39-35-. The van der Waals surface area contributed by atoms with E-state index in [2.05, 4.69) is 38.2 Å². The van der Waals surface area contributed by atoms with Gasteiger partial charge in [0.2, 0.25) is 0 Å². The van der Waals surface area contributed by atoms with Gasteiger partial charge < -0.3 is 9.84 Å². The molecule has 4 nitrogen and oxygen atoms in total. The van der Waals surface area contributed by atoms with E-state index in [0.29, 0.717) is 6.42 Å². The fourth-order valence-electron chi connectivity index (χ4n) is 6.66. The van der Waals surface area contributed by atoms with Crippen molar-refractivity contribution in [2.45, 2.75) is 251 Å². The van der Waals surface area contributed by atoms with Crippen LogP contribution in [0.25, 0.3) is 0 Å². The molecule has 1 unspecified atom stereocenters. The maximum absolute atomic E-state index is 12.6. The van der Waals surface area contributed by atoms with Crippen LogP contribution in [0.5, 0.6) is 0 Å². The molecule has 1 N–H and O–H groups in total. The van der Waals surface area contributed by atoms with Crippen LogP contribution in [0.2, 0.25) is 0 Å². The van der Waals surface area contributed by atoms with Gasteiger partial charge in [0.05, 0.1) is 0 Å². The molecule has 0 radical (unpaired) electrons. The predicted molar refractivity (Wildman–Crippen MR) is 213 cm³/mol. The van der Waals surface area contributed by atoms with Crippen LogP contribution in [0.4, 0.5) is 0 Å². The molecule has 0 bridgehead atoms. The molecule has 0 spiro atoms. The zero-order valence-electron chi connectivity index (χ0n) is 33.0. The van der Waals surface area contributed by atoms with Crippen molar-refractivity contribution in [1.29, 1.82) is 0 Å². The number of carboxylic acid groups (broad SMARTS) is 1. The van der Waals surface area contributed by atoms with E-state index in [9.17, 15) is 9.59 Å². The SMILES string of the molecule is CCCCCC/C=C\C/C=C\C(CCCCCCC(=O)O)OC(=O)CCCCCCCCCCCCCCCCCCCCCCCCC. The Morgan fingerprint density at radius 1 is 0.469 bits per heavy atom. The van der Waals surface area contributed by atoms with E-state index in [0.717, 1.165) is 57.8 Å². The van der Waals surface area contributed by atoms with E-state index in [4.69, 9.17) is 9.84 Å². The number of unbranched alkanes of at least 4 members (excludes halogenated alkanes) is 29. The Hall–Kier alpha value is -1.58. The summed E-state index contributed by atoms with van der Waals surface area (Å²) in [6.07, 6.45) is 52.4. The number of allylic oxidation sites excluding steroid dienone is 3. The van der Waals surface area contributed by atoms with Crippen LogP contribution < -0.4 is 0 Å². The molecular formula is C45H84O4. The zero-order chi connectivity index (χ0) is 35.7. The van der Waals surface area contributed by atoms with Crippen molar-refractivity contribution in [3.63, 3.8) is 0 Å². The third-order valence-electron chi connectivity index (χ3n) is 9.91. The summed E-state index contributed by atoms with van der Waals surface area (Å²) in [4.78, 5) is 23.3. The highest BCUT2D eigenvalue weighted by molar-refractivity contribution is 5.69. The Morgan fingerprint density at radius 3 is 1.31 bits per heavy atom. The van der Waals surface area contributed by atoms with Crippen LogP contribution in [-0.4, -0.2) is 23.1 Å². The molecule has 4 heteroatoms. The summed E-state index contributed by atoms with van der Waals surface area (Å²) in [6, 6.07) is 0. The molecule has 0 aromatic carbocycles. The summed E-state index contributed by atoms with van der Waals surface area (Å²) in [5.41, 5.74) is 0. The summed E-state index contributed by atoms with van der Waals surface area (Å²) in [6.45, 7) is 4.53. The van der Waals surface area contributed by atoms with Gasteiger partial charge in [-0.05, 0) is 51.0 Å². The van der Waals surface area contributed by atoms with Crippen molar-refractivity contribution in [2.75, 3.05) is 0 Å². The van der Waals surface area contributed by atoms with E-state index in [-0.39, 0.29) is 18.5 Å². The maximum atomic E-state index is 12.6. The number of esters is 1. The summed E-state index contributed by atoms with van der Waals surface area (Å²) < 4.78 is 5.87. The minimum Gasteiger partial charge on any atom is -0.481 e. The van der Waals surface area contributed by atoms with Crippen molar-refractivity contribution < 1.29 is 19.4 Å². The van der Waals surface area contributed by atoms with Crippen molar-refractivity contribution >= 4 is 11.9 Å². The number of rotatable bonds is 40. The first-order chi connectivity index (χ1) is 24.1. The second-order valence-corrected chi connectivity index (χ2v) is 14.9. The number of ether oxygens (including phenoxy) is 1. The third-order valence-corrected chi connectivity index (χ3v) is 9.91. The number of aliphatic carboxylic acids is 1. The van der Waals surface area contributed by atoms with Crippen LogP contribution in [-0.2, 0) is 14.3 Å². The smallest absolute Gasteiger partial charge is 0.306 e. The predicted octanol–water partition coefficient (Wildman–Crippen LogP) is 15.2. The highest BCUT2D eigenvalue weighted by Crippen LogP contribution is 2.17. The Labute approximate surface area is 306 Å². The van der Waals surface area contributed by atoms with E-state index in [1.165, 1.54) is 161 Å². The van der Waals surface area contributed by atoms with Crippen molar-refractivity contribution in [3.05, 3.63) is 24.3 Å². The second-order valence-electron chi connectivity index (χ2n) is 14.9. The third kappa shape index (κ3) is 40.7. The highest BCUT2D eigenvalue weighted by Gasteiger charge is 2.11. The number of carbonyl (C=O) groups is 2. The van der Waals surface area contributed by atoms with Gasteiger partial charge in [0.25, 0.3) is 0 Å². The molecule has 0 fully saturated rings. The van der Waals surface area contributed by atoms with Gasteiger partial charge in [-0.2, -0.15) is 0 Å². The molecule has 0 aliphatic heterocycles. The molecule has 0 saturated heterocycles. The number of carboxylic acids is 1. The van der Waals surface area contributed by atoms with E-state index in [1.807, 2.05) is 0 Å². The van der Waals surface area contributed by atoms with Crippen LogP contribution in [0.1, 0.15) is 245 Å². The van der Waals surface area contributed by atoms with E-state index < -0.39 is 5.97 Å². The van der Waals surface area contributed by atoms with Gasteiger partial charge in [0.1, 0.15) is 6.10 Å². The topological polar surface area (TPSA) is 63.6 Å². The fourth-order valence-corrected chi connectivity index (χ4v) is 6.66. The van der Waals surface area contributed by atoms with Crippen molar-refractivity contribution in [1.82, 2.24) is 0 Å². The summed E-state index contributed by atoms with van der Waals surface area (Å²) in [5.74, 6) is -0.797. The molecule has 0 heterocycles. The molecule has 0 rings (SSSR count). The second kappa shape index (κ2) is 40.8. The quantitative estimate of drug-likeness (QED) is 0.0395. The minimum absolute atomic E-state index is 0.0736. The largest absolute Gasteiger partial charge is 0.481 e. The van der Waals surface area contributed by atoms with Gasteiger partial charge in [-0.3, -0.25) is 9.59 Å². The Morgan fingerprint density at radius 2 is 0.857 bits per heavy atom. The molecule has 0 saturated carbocycles. The number of hydrogen-bond donors (Lipinski definition) is 1. The molecule has 288 valence electrons. The molecule has 0 aliphatic carbocycles. The first-order valence-electron chi connectivity index (χ1n) is 21.8. The Balaban J connectivity index is 3.80. The zero-order valence-corrected chi connectivity index (χ0v) is 33.0. The summed E-state index contributed by atoms with van der Waals surface area (Å²) in [7, 11) is 0. The molecule has 0 aliphatic rings. The average Bonchev–Trinajstić information content (AvgIpc) is 3.09. The molecular weight excluding hydrogens is 604 g/mol. The minimum atomic E-state index is -0.723. The lowest BCUT2D eigenvalue weighted by molar-refractivity contribution is -0.147. The van der Waals surface area contributed by atoms with E-state index >= 15 is 0 Å². The number of hydrogen-bond acceptors (Lipinski definition) is 3. The lowest BCUT2D eigenvalue weighted by Gasteiger charge is -2.14. The van der Waals surface area contributed by atoms with Gasteiger partial charge in [-0.25, -0.2) is 0 Å². The normalized spacial score (nSPS) is 12.4. The molecule has 1 atom stereocenters. The van der Waals surface area contributed by atoms with Crippen LogP contribution in [0, 0.1) is 0 Å². The van der Waals surface area contributed by atoms with Crippen LogP contribution in [0.15, 0.2) is 24.3 Å². The first-order valence-corrected chi connectivity index (χ1v) is 21.8. The van der Waals surface area contributed by atoms with E-state index in [1.54, 1.807) is 0 Å². The fraction of sp³-hybridized carbons (Fsp3) is 0.867. The van der Waals surface area contributed by atoms with Crippen molar-refractivity contribution in [2.24, 2.45) is 0 Å². The highest BCUT2D eigenvalue weighted by atomic mass is 16.5. The summed E-state index contributed by atoms with van der Waals surface area (Å²) in [5, 5.41) is 8.84. The lowest BCUT2D eigenvalue weighted by atomic mass is 10.0. The Kier molecular flexibility index (Phi) is 39.5. The maximum Gasteiger partial charge on any atom is 0.306 e. The van der Waals surface area contributed by atoms with Gasteiger partial charge in [0, 0.05) is 12.8 Å². The van der Waals surface area contributed by atoms with Gasteiger partial charge in [-0.15, -0.1) is 0 Å². The number of carbonyl (C=O) groups excluding carboxylic acids is 1. The average molecular weight is 689 g/mol. The molecule has 49 heavy (non-hydrogen) atoms.